The van der Waals surface area contributed by atoms with Gasteiger partial charge < -0.3 is 0 Å². The lowest BCUT2D eigenvalue weighted by Gasteiger charge is -2.21. The lowest BCUT2D eigenvalue weighted by Crippen LogP contribution is -1.93. The highest BCUT2D eigenvalue weighted by Gasteiger charge is 2.20. The molecule has 0 saturated heterocycles. The molecule has 242 valence electrons. The van der Waals surface area contributed by atoms with Gasteiger partial charge in [-0.25, -0.2) is 0 Å². The Morgan fingerprint density at radius 3 is 1.35 bits per heavy atom. The van der Waals surface area contributed by atoms with Crippen molar-refractivity contribution in [3.8, 4) is 55.6 Å². The minimum absolute atomic E-state index is 1.21. The van der Waals surface area contributed by atoms with Crippen molar-refractivity contribution in [2.24, 2.45) is 0 Å². The SMILES string of the molecule is c1ccc(-c2ccc3c(-c4cccc5ccccc45)c4cc(-c5ccccc5)ccc4c(-c4ccc(-c5ccc6ccccc6c5)cc4)c3c2)cc1. The number of rotatable bonds is 5. The van der Waals surface area contributed by atoms with Gasteiger partial charge >= 0.3 is 0 Å². The van der Waals surface area contributed by atoms with Gasteiger partial charge in [0.1, 0.15) is 0 Å². The third kappa shape index (κ3) is 5.16. The highest BCUT2D eigenvalue weighted by molar-refractivity contribution is 6.24. The van der Waals surface area contributed by atoms with Crippen LogP contribution in [0.15, 0.2) is 206 Å². The van der Waals surface area contributed by atoms with Crippen LogP contribution in [0.25, 0.3) is 98.7 Å². The predicted molar refractivity (Wildman–Crippen MR) is 224 cm³/mol. The molecule has 0 nitrogen and oxygen atoms in total. The van der Waals surface area contributed by atoms with E-state index in [1.807, 2.05) is 0 Å². The summed E-state index contributed by atoms with van der Waals surface area (Å²) in [6, 6.07) is 75.7. The van der Waals surface area contributed by atoms with Gasteiger partial charge in [0.2, 0.25) is 0 Å². The van der Waals surface area contributed by atoms with Crippen LogP contribution in [0, 0.1) is 0 Å². The topological polar surface area (TPSA) is 0 Å². The molecule has 0 saturated carbocycles. The van der Waals surface area contributed by atoms with Crippen molar-refractivity contribution in [3.05, 3.63) is 206 Å². The van der Waals surface area contributed by atoms with Crippen LogP contribution in [-0.2, 0) is 0 Å². The zero-order chi connectivity index (χ0) is 34.4. The van der Waals surface area contributed by atoms with E-state index in [9.17, 15) is 0 Å². The van der Waals surface area contributed by atoms with Crippen LogP contribution in [0.3, 0.4) is 0 Å². The Labute approximate surface area is 303 Å². The van der Waals surface area contributed by atoms with Crippen LogP contribution in [-0.4, -0.2) is 0 Å². The van der Waals surface area contributed by atoms with Crippen molar-refractivity contribution in [3.63, 3.8) is 0 Å². The summed E-state index contributed by atoms with van der Waals surface area (Å²) < 4.78 is 0. The summed E-state index contributed by atoms with van der Waals surface area (Å²) in [4.78, 5) is 0. The van der Waals surface area contributed by atoms with Crippen molar-refractivity contribution < 1.29 is 0 Å². The predicted octanol–water partition coefficient (Wildman–Crippen LogP) is 14.6. The van der Waals surface area contributed by atoms with E-state index in [0.717, 1.165) is 0 Å². The number of benzene rings is 10. The van der Waals surface area contributed by atoms with Gasteiger partial charge in [-0.05, 0) is 117 Å². The van der Waals surface area contributed by atoms with Crippen LogP contribution in [0.5, 0.6) is 0 Å². The van der Waals surface area contributed by atoms with E-state index in [-0.39, 0.29) is 0 Å². The van der Waals surface area contributed by atoms with Crippen LogP contribution >= 0.6 is 0 Å². The van der Waals surface area contributed by atoms with Crippen molar-refractivity contribution >= 4 is 43.1 Å². The van der Waals surface area contributed by atoms with Crippen molar-refractivity contribution in [2.45, 2.75) is 0 Å². The number of hydrogen-bond donors (Lipinski definition) is 0. The third-order valence-corrected chi connectivity index (χ3v) is 10.6. The van der Waals surface area contributed by atoms with E-state index >= 15 is 0 Å². The zero-order valence-electron chi connectivity index (χ0n) is 28.6. The first-order valence-electron chi connectivity index (χ1n) is 18.0. The molecule has 0 unspecified atom stereocenters. The van der Waals surface area contributed by atoms with E-state index in [0.29, 0.717) is 0 Å². The molecule has 0 fully saturated rings. The van der Waals surface area contributed by atoms with Crippen LogP contribution in [0.2, 0.25) is 0 Å². The summed E-state index contributed by atoms with van der Waals surface area (Å²) in [5, 5.41) is 10.0. The third-order valence-electron chi connectivity index (χ3n) is 10.6. The molecule has 0 bridgehead atoms. The van der Waals surface area contributed by atoms with Gasteiger partial charge in [-0.15, -0.1) is 0 Å². The first-order valence-corrected chi connectivity index (χ1v) is 18.0. The Bertz CT molecular complexity index is 2910. The normalized spacial score (nSPS) is 11.5. The molecule has 0 spiro atoms. The molecule has 0 N–H and O–H groups in total. The molecule has 10 rings (SSSR count). The molecule has 0 amide bonds. The lowest BCUT2D eigenvalue weighted by molar-refractivity contribution is 1.61. The van der Waals surface area contributed by atoms with Gasteiger partial charge in [-0.1, -0.05) is 188 Å². The molecule has 10 aromatic carbocycles. The Balaban J connectivity index is 1.28. The summed E-state index contributed by atoms with van der Waals surface area (Å²) >= 11 is 0. The van der Waals surface area contributed by atoms with E-state index in [4.69, 9.17) is 0 Å². The molecule has 0 aliphatic heterocycles. The van der Waals surface area contributed by atoms with E-state index in [1.54, 1.807) is 0 Å². The molecular weight excluding hydrogens is 625 g/mol. The fraction of sp³-hybridized carbons (Fsp3) is 0. The molecule has 52 heavy (non-hydrogen) atoms. The van der Waals surface area contributed by atoms with E-state index in [2.05, 4.69) is 206 Å². The Hall–Kier alpha value is -6.76. The molecule has 10 aromatic rings. The second-order valence-corrected chi connectivity index (χ2v) is 13.7. The Kier molecular flexibility index (Phi) is 7.25. The fourth-order valence-electron chi connectivity index (χ4n) is 8.09. The molecule has 0 heteroatoms. The summed E-state index contributed by atoms with van der Waals surface area (Å²) in [5.41, 5.74) is 12.3. The van der Waals surface area contributed by atoms with Gasteiger partial charge in [0.15, 0.2) is 0 Å². The van der Waals surface area contributed by atoms with Crippen LogP contribution < -0.4 is 0 Å². The first-order chi connectivity index (χ1) is 25.8. The minimum Gasteiger partial charge on any atom is -0.0622 e. The van der Waals surface area contributed by atoms with Gasteiger partial charge in [0, 0.05) is 0 Å². The second-order valence-electron chi connectivity index (χ2n) is 13.7. The van der Waals surface area contributed by atoms with Gasteiger partial charge in [0.25, 0.3) is 0 Å². The summed E-state index contributed by atoms with van der Waals surface area (Å²) in [6.45, 7) is 0. The maximum Gasteiger partial charge on any atom is -0.00199 e. The first kappa shape index (κ1) is 30.1. The maximum atomic E-state index is 2.42. The molecule has 0 atom stereocenters. The zero-order valence-corrected chi connectivity index (χ0v) is 28.6. The van der Waals surface area contributed by atoms with Crippen molar-refractivity contribution in [2.75, 3.05) is 0 Å². The molecule has 0 heterocycles. The number of hydrogen-bond acceptors (Lipinski definition) is 0. The minimum atomic E-state index is 1.21. The summed E-state index contributed by atoms with van der Waals surface area (Å²) in [6.07, 6.45) is 0. The van der Waals surface area contributed by atoms with E-state index < -0.39 is 0 Å². The van der Waals surface area contributed by atoms with Crippen molar-refractivity contribution in [1.29, 1.82) is 0 Å². The smallest absolute Gasteiger partial charge is 0.00199 e. The van der Waals surface area contributed by atoms with Crippen LogP contribution in [0.4, 0.5) is 0 Å². The standard InChI is InChI=1S/C52H34/c1-3-12-35(13-4-1)43-29-31-48-49(33-43)51(40-25-22-38(23-26-40)42-27-24-37-16-7-8-18-41(37)32-42)47-30-28-44(36-14-5-2-6-15-36)34-50(47)52(48)46-21-11-19-39-17-9-10-20-45(39)46/h1-34H. The largest absolute Gasteiger partial charge is 0.0622 e. The summed E-state index contributed by atoms with van der Waals surface area (Å²) in [5.74, 6) is 0. The van der Waals surface area contributed by atoms with Gasteiger partial charge in [-0.2, -0.15) is 0 Å². The Morgan fingerprint density at radius 1 is 0.192 bits per heavy atom. The highest BCUT2D eigenvalue weighted by Crippen LogP contribution is 2.47. The lowest BCUT2D eigenvalue weighted by atomic mass is 9.82. The van der Waals surface area contributed by atoms with Gasteiger partial charge in [0.05, 0.1) is 0 Å². The molecule has 0 aliphatic rings. The molecule has 0 aromatic heterocycles. The Morgan fingerprint density at radius 2 is 0.654 bits per heavy atom. The maximum absolute atomic E-state index is 2.42. The highest BCUT2D eigenvalue weighted by atomic mass is 14.2. The average Bonchev–Trinajstić information content (AvgIpc) is 3.23. The average molecular weight is 659 g/mol. The fourth-order valence-corrected chi connectivity index (χ4v) is 8.09. The van der Waals surface area contributed by atoms with E-state index in [1.165, 1.54) is 98.7 Å². The molecule has 0 radical (unpaired) electrons. The van der Waals surface area contributed by atoms with Gasteiger partial charge in [-0.3, -0.25) is 0 Å². The monoisotopic (exact) mass is 658 g/mol. The van der Waals surface area contributed by atoms with Crippen molar-refractivity contribution in [1.82, 2.24) is 0 Å². The molecular formula is C52H34. The molecule has 0 aliphatic carbocycles. The second kappa shape index (κ2) is 12.5. The number of fused-ring (bicyclic) bond motifs is 4. The summed E-state index contributed by atoms with van der Waals surface area (Å²) in [7, 11) is 0. The quantitative estimate of drug-likeness (QED) is 0.161. The van der Waals surface area contributed by atoms with Crippen LogP contribution in [0.1, 0.15) is 0 Å².